The Morgan fingerprint density at radius 3 is 3.08 bits per heavy atom. The lowest BCUT2D eigenvalue weighted by Gasteiger charge is -2.28. The van der Waals surface area contributed by atoms with Crippen LogP contribution in [0.4, 0.5) is 11.4 Å². The smallest absolute Gasteiger partial charge is 0.0600 e. The minimum Gasteiger partial charge on any atom is -0.382 e. The quantitative estimate of drug-likeness (QED) is 0.705. The van der Waals surface area contributed by atoms with Gasteiger partial charge in [-0.1, -0.05) is 13.0 Å². The molecule has 0 bridgehead atoms. The van der Waals surface area contributed by atoms with Gasteiger partial charge in [0.05, 0.1) is 11.4 Å². The molecule has 0 saturated carbocycles. The van der Waals surface area contributed by atoms with E-state index in [0.717, 1.165) is 19.5 Å². The van der Waals surface area contributed by atoms with E-state index < -0.39 is 0 Å². The van der Waals surface area contributed by atoms with Gasteiger partial charge in [-0.05, 0) is 24.1 Å². The molecule has 0 atom stereocenters. The fraction of sp³-hybridized carbons (Fsp3) is 0.455. The highest BCUT2D eigenvalue weighted by molar-refractivity contribution is 5.72. The van der Waals surface area contributed by atoms with Crippen LogP contribution in [0.15, 0.2) is 18.2 Å². The zero-order valence-corrected chi connectivity index (χ0v) is 8.30. The Hall–Kier alpha value is -1.18. The molecule has 0 aliphatic carbocycles. The number of anilines is 2. The molecule has 1 heterocycles. The maximum absolute atomic E-state index is 3.43. The Morgan fingerprint density at radius 1 is 1.46 bits per heavy atom. The number of hydrogen-bond donors (Lipinski definition) is 1. The van der Waals surface area contributed by atoms with Gasteiger partial charge in [0.15, 0.2) is 0 Å². The summed E-state index contributed by atoms with van der Waals surface area (Å²) in [5.74, 6) is 0. The summed E-state index contributed by atoms with van der Waals surface area (Å²) in [6, 6.07) is 6.67. The van der Waals surface area contributed by atoms with Crippen molar-refractivity contribution in [2.45, 2.75) is 13.3 Å². The van der Waals surface area contributed by atoms with Crippen molar-refractivity contribution in [1.29, 1.82) is 0 Å². The number of benzene rings is 1. The van der Waals surface area contributed by atoms with E-state index in [4.69, 9.17) is 0 Å². The molecule has 2 heteroatoms. The highest BCUT2D eigenvalue weighted by Gasteiger charge is 2.12. The van der Waals surface area contributed by atoms with E-state index in [1.54, 1.807) is 0 Å². The summed E-state index contributed by atoms with van der Waals surface area (Å²) >= 11 is 0. The molecule has 0 aromatic heterocycles. The monoisotopic (exact) mass is 176 g/mol. The van der Waals surface area contributed by atoms with Crippen LogP contribution in [0.3, 0.4) is 0 Å². The third-order valence-corrected chi connectivity index (χ3v) is 2.64. The van der Waals surface area contributed by atoms with Crippen LogP contribution >= 0.6 is 0 Å². The van der Waals surface area contributed by atoms with Gasteiger partial charge in [0.1, 0.15) is 0 Å². The molecule has 0 radical (unpaired) electrons. The van der Waals surface area contributed by atoms with Gasteiger partial charge in [-0.15, -0.1) is 0 Å². The van der Waals surface area contributed by atoms with Gasteiger partial charge in [0.25, 0.3) is 0 Å². The maximum Gasteiger partial charge on any atom is 0.0600 e. The lowest BCUT2D eigenvalue weighted by Crippen LogP contribution is -2.30. The molecule has 13 heavy (non-hydrogen) atoms. The first-order valence-corrected chi connectivity index (χ1v) is 4.89. The van der Waals surface area contributed by atoms with Crippen LogP contribution in [0.1, 0.15) is 12.5 Å². The predicted molar refractivity (Wildman–Crippen MR) is 57.6 cm³/mol. The summed E-state index contributed by atoms with van der Waals surface area (Å²) in [4.78, 5) is 2.30. The third-order valence-electron chi connectivity index (χ3n) is 2.64. The van der Waals surface area contributed by atoms with Crippen LogP contribution in [0.2, 0.25) is 0 Å². The molecule has 1 aromatic rings. The highest BCUT2D eigenvalue weighted by atomic mass is 15.2. The number of rotatable bonds is 1. The number of likely N-dealkylation sites (N-methyl/N-ethyl adjacent to an activating group) is 1. The van der Waals surface area contributed by atoms with E-state index >= 15 is 0 Å². The van der Waals surface area contributed by atoms with Crippen LogP contribution in [0, 0.1) is 0 Å². The van der Waals surface area contributed by atoms with Gasteiger partial charge in [0, 0.05) is 20.1 Å². The van der Waals surface area contributed by atoms with Gasteiger partial charge in [0.2, 0.25) is 0 Å². The van der Waals surface area contributed by atoms with Crippen LogP contribution in [-0.4, -0.2) is 20.1 Å². The lowest BCUT2D eigenvalue weighted by molar-refractivity contribution is 0.885. The van der Waals surface area contributed by atoms with Crippen molar-refractivity contribution in [3.63, 3.8) is 0 Å². The molecule has 0 amide bonds. The molecule has 0 fully saturated rings. The molecule has 2 rings (SSSR count). The second-order valence-electron chi connectivity index (χ2n) is 3.55. The predicted octanol–water partition coefficient (Wildman–Crippen LogP) is 2.11. The molecule has 70 valence electrons. The topological polar surface area (TPSA) is 15.3 Å². The van der Waals surface area contributed by atoms with Crippen LogP contribution < -0.4 is 10.2 Å². The Labute approximate surface area is 79.6 Å². The van der Waals surface area contributed by atoms with Crippen molar-refractivity contribution in [3.05, 3.63) is 23.8 Å². The van der Waals surface area contributed by atoms with E-state index in [2.05, 4.69) is 42.4 Å². The largest absolute Gasteiger partial charge is 0.382 e. The van der Waals surface area contributed by atoms with E-state index in [1.165, 1.54) is 16.9 Å². The van der Waals surface area contributed by atoms with Gasteiger partial charge in [-0.3, -0.25) is 0 Å². The summed E-state index contributed by atoms with van der Waals surface area (Å²) in [7, 11) is 2.14. The Morgan fingerprint density at radius 2 is 2.31 bits per heavy atom. The number of nitrogens with zero attached hydrogens (tertiary/aromatic N) is 1. The first kappa shape index (κ1) is 8.42. The van der Waals surface area contributed by atoms with Gasteiger partial charge >= 0.3 is 0 Å². The van der Waals surface area contributed by atoms with E-state index in [0.29, 0.717) is 0 Å². The van der Waals surface area contributed by atoms with E-state index in [1.807, 2.05) is 0 Å². The highest BCUT2D eigenvalue weighted by Crippen LogP contribution is 2.28. The summed E-state index contributed by atoms with van der Waals surface area (Å²) in [5, 5.41) is 3.43. The van der Waals surface area contributed by atoms with E-state index in [-0.39, 0.29) is 0 Å². The van der Waals surface area contributed by atoms with Crippen molar-refractivity contribution >= 4 is 11.4 Å². The van der Waals surface area contributed by atoms with Crippen LogP contribution in [0.5, 0.6) is 0 Å². The zero-order valence-electron chi connectivity index (χ0n) is 8.30. The first-order chi connectivity index (χ1) is 6.31. The summed E-state index contributed by atoms with van der Waals surface area (Å²) in [6.45, 7) is 4.34. The number of nitrogens with one attached hydrogen (secondary N) is 1. The van der Waals surface area contributed by atoms with Crippen molar-refractivity contribution in [2.75, 3.05) is 30.4 Å². The molecule has 1 aliphatic rings. The molecule has 0 saturated heterocycles. The van der Waals surface area contributed by atoms with Crippen LogP contribution in [-0.2, 0) is 6.42 Å². The zero-order chi connectivity index (χ0) is 9.26. The van der Waals surface area contributed by atoms with Gasteiger partial charge in [-0.25, -0.2) is 0 Å². The Kier molecular flexibility index (Phi) is 2.13. The maximum atomic E-state index is 3.43. The number of hydrogen-bond acceptors (Lipinski definition) is 2. The number of fused-ring (bicyclic) bond motifs is 1. The van der Waals surface area contributed by atoms with E-state index in [9.17, 15) is 0 Å². The lowest BCUT2D eigenvalue weighted by atomic mass is 10.1. The van der Waals surface area contributed by atoms with Crippen molar-refractivity contribution < 1.29 is 0 Å². The molecule has 1 aromatic carbocycles. The standard InChI is InChI=1S/C11H16N2/c1-3-9-4-5-11-10(8-9)12-6-7-13(11)2/h4-5,8,12H,3,6-7H2,1-2H3. The number of aryl methyl sites for hydroxylation is 1. The fourth-order valence-electron chi connectivity index (χ4n) is 1.76. The SMILES string of the molecule is CCc1ccc2c(c1)NCCN2C. The molecule has 0 spiro atoms. The summed E-state index contributed by atoms with van der Waals surface area (Å²) < 4.78 is 0. The van der Waals surface area contributed by atoms with Crippen LogP contribution in [0.25, 0.3) is 0 Å². The Balaban J connectivity index is 2.39. The van der Waals surface area contributed by atoms with Gasteiger partial charge < -0.3 is 10.2 Å². The van der Waals surface area contributed by atoms with Crippen molar-refractivity contribution in [2.24, 2.45) is 0 Å². The third kappa shape index (κ3) is 1.48. The average Bonchev–Trinajstić information content (AvgIpc) is 2.18. The Bertz CT molecular complexity index is 307. The minimum atomic E-state index is 1.05. The minimum absolute atomic E-state index is 1.05. The summed E-state index contributed by atoms with van der Waals surface area (Å²) in [6.07, 6.45) is 1.11. The summed E-state index contributed by atoms with van der Waals surface area (Å²) in [5.41, 5.74) is 4.01. The second kappa shape index (κ2) is 3.29. The molecular formula is C11H16N2. The first-order valence-electron chi connectivity index (χ1n) is 4.89. The normalized spacial score (nSPS) is 15.1. The molecule has 1 N–H and O–H groups in total. The molecule has 2 nitrogen and oxygen atoms in total. The van der Waals surface area contributed by atoms with Gasteiger partial charge in [-0.2, -0.15) is 0 Å². The average molecular weight is 176 g/mol. The molecule has 1 aliphatic heterocycles. The second-order valence-corrected chi connectivity index (χ2v) is 3.55. The molecule has 0 unspecified atom stereocenters. The molecular weight excluding hydrogens is 160 g/mol. The van der Waals surface area contributed by atoms with Crippen molar-refractivity contribution in [3.8, 4) is 0 Å². The fourth-order valence-corrected chi connectivity index (χ4v) is 1.76. The van der Waals surface area contributed by atoms with Crippen molar-refractivity contribution in [1.82, 2.24) is 0 Å².